The Morgan fingerprint density at radius 2 is 2.00 bits per heavy atom. The molecule has 0 spiro atoms. The van der Waals surface area contributed by atoms with Crippen LogP contribution in [0, 0.1) is 13.8 Å². The van der Waals surface area contributed by atoms with Crippen LogP contribution in [0.25, 0.3) is 0 Å². The average Bonchev–Trinajstić information content (AvgIpc) is 2.85. The van der Waals surface area contributed by atoms with Crippen molar-refractivity contribution in [2.45, 2.75) is 24.6 Å². The van der Waals surface area contributed by atoms with Gasteiger partial charge >= 0.3 is 0 Å². The van der Waals surface area contributed by atoms with Crippen LogP contribution in [0.4, 0.5) is 0 Å². The Morgan fingerprint density at radius 1 is 1.24 bits per heavy atom. The quantitative estimate of drug-likeness (QED) is 0.930. The maximum absolute atomic E-state index is 11.9. The van der Waals surface area contributed by atoms with Crippen molar-refractivity contribution in [3.8, 4) is 0 Å². The number of aromatic nitrogens is 2. The largest absolute Gasteiger partial charge is 0.250 e. The zero-order chi connectivity index (χ0) is 12.5. The summed E-state index contributed by atoms with van der Waals surface area (Å²) in [6.45, 7) is 3.89. The van der Waals surface area contributed by atoms with Gasteiger partial charge in [-0.25, -0.2) is 13.1 Å². The van der Waals surface area contributed by atoms with E-state index in [4.69, 9.17) is 0 Å². The van der Waals surface area contributed by atoms with Crippen LogP contribution in [0.5, 0.6) is 0 Å². The number of hydrogen-bond donors (Lipinski definition) is 1. The Labute approximate surface area is 108 Å². The Balaban J connectivity index is 2.08. The molecule has 0 radical (unpaired) electrons. The maximum atomic E-state index is 11.9. The molecule has 0 amide bonds. The molecular formula is C9H11N3O2S3. The van der Waals surface area contributed by atoms with Crippen LogP contribution in [-0.2, 0) is 16.6 Å². The smallest absolute Gasteiger partial charge is 0.206 e. The molecule has 0 bridgehead atoms. The predicted octanol–water partition coefficient (Wildman–Crippen LogP) is 1.69. The molecule has 0 aromatic carbocycles. The monoisotopic (exact) mass is 289 g/mol. The van der Waals surface area contributed by atoms with Crippen LogP contribution in [-0.4, -0.2) is 18.6 Å². The van der Waals surface area contributed by atoms with Crippen molar-refractivity contribution in [2.24, 2.45) is 0 Å². The van der Waals surface area contributed by atoms with E-state index in [0.717, 1.165) is 9.88 Å². The van der Waals surface area contributed by atoms with E-state index in [1.807, 2.05) is 13.8 Å². The molecule has 2 aromatic rings. The molecule has 0 unspecified atom stereocenters. The number of nitrogens with zero attached hydrogens (tertiary/aromatic N) is 2. The summed E-state index contributed by atoms with van der Waals surface area (Å²) in [5.74, 6) is 0. The first-order valence-electron chi connectivity index (χ1n) is 4.82. The summed E-state index contributed by atoms with van der Waals surface area (Å²) < 4.78 is 26.6. The molecular weight excluding hydrogens is 278 g/mol. The number of thiophene rings is 1. The molecule has 0 saturated heterocycles. The minimum atomic E-state index is -3.42. The molecule has 0 fully saturated rings. The Bertz CT molecular complexity index is 615. The average molecular weight is 289 g/mol. The van der Waals surface area contributed by atoms with Gasteiger partial charge in [0, 0.05) is 4.88 Å². The zero-order valence-electron chi connectivity index (χ0n) is 9.30. The molecule has 5 nitrogen and oxygen atoms in total. The van der Waals surface area contributed by atoms with Crippen LogP contribution < -0.4 is 4.72 Å². The lowest BCUT2D eigenvalue weighted by Crippen LogP contribution is -2.22. The first-order valence-corrected chi connectivity index (χ1v) is 7.94. The van der Waals surface area contributed by atoms with E-state index in [1.54, 1.807) is 12.1 Å². The Kier molecular flexibility index (Phi) is 3.57. The Morgan fingerprint density at radius 3 is 2.53 bits per heavy atom. The fourth-order valence-corrected chi connectivity index (χ4v) is 4.25. The van der Waals surface area contributed by atoms with E-state index < -0.39 is 10.0 Å². The van der Waals surface area contributed by atoms with E-state index in [9.17, 15) is 8.42 Å². The van der Waals surface area contributed by atoms with Crippen molar-refractivity contribution in [3.05, 3.63) is 27.0 Å². The summed E-state index contributed by atoms with van der Waals surface area (Å²) in [4.78, 5) is 0.970. The highest BCUT2D eigenvalue weighted by molar-refractivity contribution is 7.91. The normalized spacial score (nSPS) is 11.9. The number of hydrogen-bond acceptors (Lipinski definition) is 6. The first kappa shape index (κ1) is 12.6. The molecule has 0 aliphatic rings. The highest BCUT2D eigenvalue weighted by atomic mass is 32.2. The van der Waals surface area contributed by atoms with Gasteiger partial charge in [-0.15, -0.1) is 32.9 Å². The fraction of sp³-hybridized carbons (Fsp3) is 0.333. The number of rotatable bonds is 4. The molecule has 8 heteroatoms. The third-order valence-electron chi connectivity index (χ3n) is 1.96. The minimum Gasteiger partial charge on any atom is -0.206 e. The highest BCUT2D eigenvalue weighted by Crippen LogP contribution is 2.20. The van der Waals surface area contributed by atoms with E-state index in [0.29, 0.717) is 9.22 Å². The number of nitrogens with one attached hydrogen (secondary N) is 1. The topological polar surface area (TPSA) is 72.0 Å². The van der Waals surface area contributed by atoms with Gasteiger partial charge in [-0.2, -0.15) is 0 Å². The predicted molar refractivity (Wildman–Crippen MR) is 67.7 cm³/mol. The fourth-order valence-electron chi connectivity index (χ4n) is 1.19. The summed E-state index contributed by atoms with van der Waals surface area (Å²) in [7, 11) is -3.42. The third-order valence-corrected chi connectivity index (χ3v) is 5.69. The van der Waals surface area contributed by atoms with Crippen molar-refractivity contribution < 1.29 is 8.42 Å². The van der Waals surface area contributed by atoms with Crippen LogP contribution in [0.1, 0.15) is 14.9 Å². The second-order valence-electron chi connectivity index (χ2n) is 3.40. The number of aryl methyl sites for hydroxylation is 2. The minimum absolute atomic E-state index is 0.185. The third kappa shape index (κ3) is 3.09. The van der Waals surface area contributed by atoms with Crippen LogP contribution in [0.2, 0.25) is 0 Å². The van der Waals surface area contributed by atoms with E-state index >= 15 is 0 Å². The van der Waals surface area contributed by atoms with Gasteiger partial charge in [0.05, 0.1) is 6.54 Å². The molecule has 0 aliphatic carbocycles. The van der Waals surface area contributed by atoms with Gasteiger partial charge in [0.15, 0.2) is 0 Å². The Hall–Kier alpha value is -0.830. The lowest BCUT2D eigenvalue weighted by Gasteiger charge is -2.01. The first-order chi connectivity index (χ1) is 7.97. The van der Waals surface area contributed by atoms with Gasteiger partial charge in [-0.3, -0.25) is 0 Å². The SMILES string of the molecule is Cc1ccc(S(=O)(=O)NCc2nnc(C)s2)s1. The molecule has 0 atom stereocenters. The molecule has 2 rings (SSSR count). The zero-order valence-corrected chi connectivity index (χ0v) is 11.7. The molecule has 0 saturated carbocycles. The summed E-state index contributed by atoms with van der Waals surface area (Å²) in [5.41, 5.74) is 0. The van der Waals surface area contributed by atoms with Crippen molar-refractivity contribution >= 4 is 32.7 Å². The van der Waals surface area contributed by atoms with Crippen LogP contribution >= 0.6 is 22.7 Å². The van der Waals surface area contributed by atoms with Gasteiger partial charge in [-0.1, -0.05) is 0 Å². The number of sulfonamides is 1. The molecule has 92 valence electrons. The molecule has 2 aromatic heterocycles. The van der Waals surface area contributed by atoms with Gasteiger partial charge in [0.25, 0.3) is 0 Å². The highest BCUT2D eigenvalue weighted by Gasteiger charge is 2.16. The van der Waals surface area contributed by atoms with Gasteiger partial charge < -0.3 is 0 Å². The van der Waals surface area contributed by atoms with Crippen molar-refractivity contribution in [1.82, 2.24) is 14.9 Å². The van der Waals surface area contributed by atoms with Crippen LogP contribution in [0.15, 0.2) is 16.3 Å². The second-order valence-corrected chi connectivity index (χ2v) is 7.95. The van der Waals surface area contributed by atoms with Gasteiger partial charge in [0.1, 0.15) is 14.2 Å². The van der Waals surface area contributed by atoms with Crippen molar-refractivity contribution in [1.29, 1.82) is 0 Å². The standard InChI is InChI=1S/C9H11N3O2S3/c1-6-3-4-9(15-6)17(13,14)10-5-8-12-11-7(2)16-8/h3-4,10H,5H2,1-2H3. The van der Waals surface area contributed by atoms with E-state index in [2.05, 4.69) is 14.9 Å². The van der Waals surface area contributed by atoms with Crippen molar-refractivity contribution in [2.75, 3.05) is 0 Å². The lowest BCUT2D eigenvalue weighted by molar-refractivity contribution is 0.583. The summed E-state index contributed by atoms with van der Waals surface area (Å²) in [6.07, 6.45) is 0. The van der Waals surface area contributed by atoms with Gasteiger partial charge in [0.2, 0.25) is 10.0 Å². The maximum Gasteiger partial charge on any atom is 0.250 e. The van der Waals surface area contributed by atoms with E-state index in [1.165, 1.54) is 22.7 Å². The lowest BCUT2D eigenvalue weighted by atomic mass is 10.5. The van der Waals surface area contributed by atoms with Gasteiger partial charge in [-0.05, 0) is 26.0 Å². The summed E-state index contributed by atoms with van der Waals surface area (Å²) in [6, 6.07) is 3.39. The molecule has 1 N–H and O–H groups in total. The molecule has 0 aliphatic heterocycles. The van der Waals surface area contributed by atoms with Crippen LogP contribution in [0.3, 0.4) is 0 Å². The molecule has 2 heterocycles. The summed E-state index contributed by atoms with van der Waals surface area (Å²) in [5, 5.41) is 9.18. The molecule has 17 heavy (non-hydrogen) atoms. The second kappa shape index (κ2) is 4.81. The van der Waals surface area contributed by atoms with Crippen molar-refractivity contribution in [3.63, 3.8) is 0 Å². The summed E-state index contributed by atoms with van der Waals surface area (Å²) >= 11 is 2.63. The van der Waals surface area contributed by atoms with E-state index in [-0.39, 0.29) is 6.54 Å².